The zero-order chi connectivity index (χ0) is 12.3. The van der Waals surface area contributed by atoms with E-state index in [0.717, 1.165) is 0 Å². The van der Waals surface area contributed by atoms with Gasteiger partial charge in [-0.25, -0.2) is 9.37 Å². The third-order valence-corrected chi connectivity index (χ3v) is 2.19. The first-order valence-corrected chi connectivity index (χ1v) is 4.87. The molecule has 0 atom stereocenters. The number of hydrogen-bond acceptors (Lipinski definition) is 4. The van der Waals surface area contributed by atoms with Crippen molar-refractivity contribution in [2.45, 2.75) is 6.54 Å². The van der Waals surface area contributed by atoms with E-state index >= 15 is 0 Å². The lowest BCUT2D eigenvalue weighted by Crippen LogP contribution is -2.12. The van der Waals surface area contributed by atoms with Crippen molar-refractivity contribution < 1.29 is 13.6 Å². The van der Waals surface area contributed by atoms with E-state index in [0.29, 0.717) is 5.76 Å². The summed E-state index contributed by atoms with van der Waals surface area (Å²) in [6.45, 7) is 0.277. The molecule has 0 fully saturated rings. The van der Waals surface area contributed by atoms with Crippen LogP contribution in [0.15, 0.2) is 35.2 Å². The van der Waals surface area contributed by atoms with Crippen LogP contribution in [-0.4, -0.2) is 10.9 Å². The Bertz CT molecular complexity index is 526. The largest absolute Gasteiger partial charge is 0.447 e. The Kier molecular flexibility index (Phi) is 3.04. The molecule has 6 heteroatoms. The molecule has 0 aliphatic carbocycles. The molecule has 1 aromatic heterocycles. The third-order valence-electron chi connectivity index (χ3n) is 2.19. The molecule has 0 saturated heterocycles. The average molecular weight is 235 g/mol. The minimum Gasteiger partial charge on any atom is -0.447 e. The van der Waals surface area contributed by atoms with Crippen LogP contribution in [0.1, 0.15) is 16.1 Å². The van der Waals surface area contributed by atoms with Crippen molar-refractivity contribution in [1.29, 1.82) is 0 Å². The Morgan fingerprint density at radius 3 is 3.00 bits per heavy atom. The van der Waals surface area contributed by atoms with Crippen molar-refractivity contribution in [2.24, 2.45) is 5.73 Å². The van der Waals surface area contributed by atoms with Gasteiger partial charge < -0.3 is 15.5 Å². The summed E-state index contributed by atoms with van der Waals surface area (Å²) in [6.07, 6.45) is 2.80. The number of nitrogens with two attached hydrogens (primary N) is 1. The van der Waals surface area contributed by atoms with Gasteiger partial charge in [0, 0.05) is 5.56 Å². The topological polar surface area (TPSA) is 81.2 Å². The number of oxazole rings is 1. The Labute approximate surface area is 96.4 Å². The van der Waals surface area contributed by atoms with Crippen LogP contribution in [0.5, 0.6) is 0 Å². The molecule has 0 saturated carbocycles. The van der Waals surface area contributed by atoms with Gasteiger partial charge in [-0.1, -0.05) is 0 Å². The van der Waals surface area contributed by atoms with Crippen LogP contribution in [0.2, 0.25) is 0 Å². The summed E-state index contributed by atoms with van der Waals surface area (Å²) < 4.78 is 18.4. The molecule has 1 amide bonds. The summed E-state index contributed by atoms with van der Waals surface area (Å²) in [6, 6.07) is 3.87. The highest BCUT2D eigenvalue weighted by Gasteiger charge is 2.07. The smallest absolute Gasteiger partial charge is 0.248 e. The number of hydrogen-bond donors (Lipinski definition) is 2. The van der Waals surface area contributed by atoms with Gasteiger partial charge in [0.25, 0.3) is 0 Å². The number of halogens is 1. The maximum Gasteiger partial charge on any atom is 0.248 e. The molecule has 1 heterocycles. The van der Waals surface area contributed by atoms with Crippen LogP contribution >= 0.6 is 0 Å². The number of rotatable bonds is 4. The van der Waals surface area contributed by atoms with Gasteiger partial charge in [-0.2, -0.15) is 0 Å². The van der Waals surface area contributed by atoms with E-state index in [1.54, 1.807) is 0 Å². The molecule has 0 aliphatic heterocycles. The highest BCUT2D eigenvalue weighted by molar-refractivity contribution is 5.93. The second-order valence-corrected chi connectivity index (χ2v) is 3.38. The number of carbonyl (C=O) groups excluding carboxylic acids is 1. The molecular formula is C11H10FN3O2. The maximum absolute atomic E-state index is 13.4. The lowest BCUT2D eigenvalue weighted by atomic mass is 10.2. The summed E-state index contributed by atoms with van der Waals surface area (Å²) in [5.41, 5.74) is 5.54. The van der Waals surface area contributed by atoms with Gasteiger partial charge in [-0.15, -0.1) is 0 Å². The Morgan fingerprint density at radius 2 is 2.35 bits per heavy atom. The van der Waals surface area contributed by atoms with Crippen LogP contribution in [0.3, 0.4) is 0 Å². The predicted octanol–water partition coefficient (Wildman–Crippen LogP) is 1.52. The first kappa shape index (κ1) is 11.1. The van der Waals surface area contributed by atoms with Crippen molar-refractivity contribution in [1.82, 2.24) is 4.98 Å². The lowest BCUT2D eigenvalue weighted by Gasteiger charge is -2.06. The summed E-state index contributed by atoms with van der Waals surface area (Å²) in [5.74, 6) is -0.504. The number of primary amides is 1. The average Bonchev–Trinajstić information content (AvgIpc) is 2.80. The van der Waals surface area contributed by atoms with Crippen molar-refractivity contribution in [3.63, 3.8) is 0 Å². The number of aromatic nitrogens is 1. The van der Waals surface area contributed by atoms with E-state index in [1.807, 2.05) is 0 Å². The Balaban J connectivity index is 2.14. The van der Waals surface area contributed by atoms with E-state index in [1.165, 1.54) is 30.8 Å². The molecule has 0 radical (unpaired) electrons. The molecule has 5 nitrogen and oxygen atoms in total. The van der Waals surface area contributed by atoms with E-state index in [-0.39, 0.29) is 17.8 Å². The first-order valence-electron chi connectivity index (χ1n) is 4.87. The molecule has 0 unspecified atom stereocenters. The van der Waals surface area contributed by atoms with E-state index in [2.05, 4.69) is 10.3 Å². The van der Waals surface area contributed by atoms with Crippen molar-refractivity contribution in [2.75, 3.05) is 5.32 Å². The minimum absolute atomic E-state index is 0.192. The predicted molar refractivity (Wildman–Crippen MR) is 58.7 cm³/mol. The Morgan fingerprint density at radius 1 is 1.53 bits per heavy atom. The molecular weight excluding hydrogens is 225 g/mol. The molecule has 0 spiro atoms. The molecule has 0 bridgehead atoms. The van der Waals surface area contributed by atoms with E-state index in [9.17, 15) is 9.18 Å². The number of carbonyl (C=O) groups is 1. The first-order chi connectivity index (χ1) is 8.16. The summed E-state index contributed by atoms with van der Waals surface area (Å²) >= 11 is 0. The summed E-state index contributed by atoms with van der Waals surface area (Å²) in [4.78, 5) is 14.7. The molecule has 2 aromatic rings. The minimum atomic E-state index is -0.604. The van der Waals surface area contributed by atoms with Gasteiger partial charge in [0.1, 0.15) is 11.6 Å². The van der Waals surface area contributed by atoms with Crippen LogP contribution < -0.4 is 11.1 Å². The SMILES string of the molecule is NC(=O)c1ccc(F)c(NCc2cnco2)c1. The fourth-order valence-corrected chi connectivity index (χ4v) is 1.33. The number of amides is 1. The zero-order valence-electron chi connectivity index (χ0n) is 8.81. The monoisotopic (exact) mass is 235 g/mol. The maximum atomic E-state index is 13.4. The van der Waals surface area contributed by atoms with Gasteiger partial charge in [0.15, 0.2) is 6.39 Å². The number of anilines is 1. The highest BCUT2D eigenvalue weighted by Crippen LogP contribution is 2.16. The number of nitrogens with zero attached hydrogens (tertiary/aromatic N) is 1. The van der Waals surface area contributed by atoms with Crippen molar-refractivity contribution >= 4 is 11.6 Å². The molecule has 2 rings (SSSR count). The second-order valence-electron chi connectivity index (χ2n) is 3.38. The van der Waals surface area contributed by atoms with Gasteiger partial charge >= 0.3 is 0 Å². The van der Waals surface area contributed by atoms with Crippen LogP contribution in [-0.2, 0) is 6.54 Å². The molecule has 88 valence electrons. The zero-order valence-corrected chi connectivity index (χ0v) is 8.81. The van der Waals surface area contributed by atoms with Gasteiger partial charge in [-0.3, -0.25) is 4.79 Å². The number of nitrogens with one attached hydrogen (secondary N) is 1. The fraction of sp³-hybridized carbons (Fsp3) is 0.0909. The number of benzene rings is 1. The second kappa shape index (κ2) is 4.65. The summed E-state index contributed by atoms with van der Waals surface area (Å²) in [7, 11) is 0. The van der Waals surface area contributed by atoms with Crippen LogP contribution in [0.25, 0.3) is 0 Å². The highest BCUT2D eigenvalue weighted by atomic mass is 19.1. The fourth-order valence-electron chi connectivity index (χ4n) is 1.33. The summed E-state index contributed by atoms with van der Waals surface area (Å²) in [5, 5.41) is 2.79. The van der Waals surface area contributed by atoms with Crippen LogP contribution in [0.4, 0.5) is 10.1 Å². The van der Waals surface area contributed by atoms with Gasteiger partial charge in [-0.05, 0) is 18.2 Å². The van der Waals surface area contributed by atoms with E-state index < -0.39 is 11.7 Å². The standard InChI is InChI=1S/C11H10FN3O2/c12-9-2-1-7(11(13)16)3-10(9)15-5-8-4-14-6-17-8/h1-4,6,15H,5H2,(H2,13,16). The van der Waals surface area contributed by atoms with Crippen molar-refractivity contribution in [3.05, 3.63) is 47.9 Å². The van der Waals surface area contributed by atoms with E-state index in [4.69, 9.17) is 10.2 Å². The van der Waals surface area contributed by atoms with Gasteiger partial charge in [0.2, 0.25) is 5.91 Å². The van der Waals surface area contributed by atoms with Gasteiger partial charge in [0.05, 0.1) is 18.4 Å². The third kappa shape index (κ3) is 2.60. The lowest BCUT2D eigenvalue weighted by molar-refractivity contribution is 0.100. The normalized spacial score (nSPS) is 10.2. The molecule has 3 N–H and O–H groups in total. The Hall–Kier alpha value is -2.37. The molecule has 0 aliphatic rings. The molecule has 17 heavy (non-hydrogen) atoms. The van der Waals surface area contributed by atoms with Crippen LogP contribution in [0, 0.1) is 5.82 Å². The van der Waals surface area contributed by atoms with Crippen molar-refractivity contribution in [3.8, 4) is 0 Å². The quantitative estimate of drug-likeness (QED) is 0.841. The molecule has 1 aromatic carbocycles.